The molecule has 2 unspecified atom stereocenters. The lowest BCUT2D eigenvalue weighted by Gasteiger charge is -2.13. The second-order valence-electron chi connectivity index (χ2n) is 3.72. The molecule has 0 bridgehead atoms. The Kier molecular flexibility index (Phi) is 3.18. The van der Waals surface area contributed by atoms with Crippen molar-refractivity contribution < 1.29 is 9.15 Å². The van der Waals surface area contributed by atoms with Gasteiger partial charge in [0, 0.05) is 30.6 Å². The first-order valence-corrected chi connectivity index (χ1v) is 4.91. The number of ether oxygens (including phenoxy) is 1. The number of furan rings is 1. The number of nitrogens with two attached hydrogens (primary N) is 1. The Hall–Kier alpha value is -0.840. The summed E-state index contributed by atoms with van der Waals surface area (Å²) in [5.41, 5.74) is 7.02. The molecule has 14 heavy (non-hydrogen) atoms. The van der Waals surface area contributed by atoms with Gasteiger partial charge in [-0.2, -0.15) is 0 Å². The summed E-state index contributed by atoms with van der Waals surface area (Å²) in [7, 11) is 0. The zero-order valence-corrected chi connectivity index (χ0v) is 8.11. The van der Waals surface area contributed by atoms with E-state index in [0.717, 1.165) is 25.3 Å². The first-order chi connectivity index (χ1) is 6.86. The summed E-state index contributed by atoms with van der Waals surface area (Å²) in [5.74, 6) is 0.446. The van der Waals surface area contributed by atoms with Crippen LogP contribution in [0.3, 0.4) is 0 Å². The summed E-state index contributed by atoms with van der Waals surface area (Å²) >= 11 is 0. The molecule has 2 rings (SSSR count). The van der Waals surface area contributed by atoms with Crippen molar-refractivity contribution in [3.05, 3.63) is 24.2 Å². The SMILES string of the molecule is NC1COCC1CNCc1ccoc1. The fourth-order valence-electron chi connectivity index (χ4n) is 1.62. The van der Waals surface area contributed by atoms with Gasteiger partial charge in [-0.1, -0.05) is 0 Å². The molecule has 0 amide bonds. The van der Waals surface area contributed by atoms with E-state index in [0.29, 0.717) is 12.5 Å². The Labute approximate surface area is 83.4 Å². The maximum atomic E-state index is 5.85. The largest absolute Gasteiger partial charge is 0.472 e. The smallest absolute Gasteiger partial charge is 0.0947 e. The van der Waals surface area contributed by atoms with Crippen LogP contribution in [-0.4, -0.2) is 25.8 Å². The van der Waals surface area contributed by atoms with Crippen LogP contribution in [0.4, 0.5) is 0 Å². The van der Waals surface area contributed by atoms with Crippen molar-refractivity contribution in [2.45, 2.75) is 12.6 Å². The quantitative estimate of drug-likeness (QED) is 0.729. The lowest BCUT2D eigenvalue weighted by molar-refractivity contribution is 0.184. The van der Waals surface area contributed by atoms with Crippen LogP contribution in [0.15, 0.2) is 23.0 Å². The second-order valence-corrected chi connectivity index (χ2v) is 3.72. The second kappa shape index (κ2) is 4.59. The Morgan fingerprint density at radius 2 is 2.43 bits per heavy atom. The van der Waals surface area contributed by atoms with Crippen molar-refractivity contribution in [1.29, 1.82) is 0 Å². The third-order valence-corrected chi connectivity index (χ3v) is 2.56. The average molecular weight is 196 g/mol. The Balaban J connectivity index is 1.68. The molecule has 1 aliphatic rings. The van der Waals surface area contributed by atoms with Crippen LogP contribution in [0.1, 0.15) is 5.56 Å². The first kappa shape index (κ1) is 9.71. The molecular weight excluding hydrogens is 180 g/mol. The molecule has 1 aliphatic heterocycles. The van der Waals surface area contributed by atoms with Crippen LogP contribution in [-0.2, 0) is 11.3 Å². The summed E-state index contributed by atoms with van der Waals surface area (Å²) in [6, 6.07) is 2.14. The maximum Gasteiger partial charge on any atom is 0.0947 e. The highest BCUT2D eigenvalue weighted by atomic mass is 16.5. The van der Waals surface area contributed by atoms with Crippen LogP contribution in [0.25, 0.3) is 0 Å². The predicted octanol–water partition coefficient (Wildman–Crippen LogP) is 0.343. The van der Waals surface area contributed by atoms with E-state index in [1.54, 1.807) is 12.5 Å². The van der Waals surface area contributed by atoms with E-state index in [2.05, 4.69) is 5.32 Å². The molecule has 1 aromatic heterocycles. The molecule has 2 heterocycles. The van der Waals surface area contributed by atoms with Crippen molar-refractivity contribution in [2.75, 3.05) is 19.8 Å². The molecule has 3 N–H and O–H groups in total. The van der Waals surface area contributed by atoms with Gasteiger partial charge in [-0.15, -0.1) is 0 Å². The van der Waals surface area contributed by atoms with Crippen molar-refractivity contribution in [3.63, 3.8) is 0 Å². The van der Waals surface area contributed by atoms with Crippen LogP contribution >= 0.6 is 0 Å². The number of nitrogens with one attached hydrogen (secondary N) is 1. The molecule has 1 aromatic rings. The maximum absolute atomic E-state index is 5.85. The Bertz CT molecular complexity index is 261. The van der Waals surface area contributed by atoms with Gasteiger partial charge in [0.25, 0.3) is 0 Å². The van der Waals surface area contributed by atoms with Crippen molar-refractivity contribution in [3.8, 4) is 0 Å². The van der Waals surface area contributed by atoms with E-state index >= 15 is 0 Å². The lowest BCUT2D eigenvalue weighted by Crippen LogP contribution is -2.35. The Morgan fingerprint density at radius 1 is 1.50 bits per heavy atom. The molecule has 1 saturated heterocycles. The van der Waals surface area contributed by atoms with Gasteiger partial charge < -0.3 is 20.2 Å². The van der Waals surface area contributed by atoms with Crippen LogP contribution in [0.5, 0.6) is 0 Å². The summed E-state index contributed by atoms with van der Waals surface area (Å²) in [6.45, 7) is 3.21. The van der Waals surface area contributed by atoms with Crippen molar-refractivity contribution >= 4 is 0 Å². The Morgan fingerprint density at radius 3 is 3.07 bits per heavy atom. The van der Waals surface area contributed by atoms with Crippen LogP contribution < -0.4 is 11.1 Å². The van der Waals surface area contributed by atoms with Crippen LogP contribution in [0, 0.1) is 5.92 Å². The molecule has 2 atom stereocenters. The van der Waals surface area contributed by atoms with Gasteiger partial charge in [-0.05, 0) is 6.07 Å². The molecular formula is C10H16N2O2. The van der Waals surface area contributed by atoms with E-state index in [1.807, 2.05) is 6.07 Å². The van der Waals surface area contributed by atoms with E-state index in [4.69, 9.17) is 14.9 Å². The minimum absolute atomic E-state index is 0.187. The summed E-state index contributed by atoms with van der Waals surface area (Å²) in [4.78, 5) is 0. The van der Waals surface area contributed by atoms with E-state index < -0.39 is 0 Å². The molecule has 4 nitrogen and oxygen atoms in total. The van der Waals surface area contributed by atoms with Gasteiger partial charge in [0.2, 0.25) is 0 Å². The van der Waals surface area contributed by atoms with Crippen LogP contribution in [0.2, 0.25) is 0 Å². The van der Waals surface area contributed by atoms with E-state index in [1.165, 1.54) is 0 Å². The fourth-order valence-corrected chi connectivity index (χ4v) is 1.62. The number of hydrogen-bond donors (Lipinski definition) is 2. The molecule has 0 radical (unpaired) electrons. The molecule has 4 heteroatoms. The van der Waals surface area contributed by atoms with Gasteiger partial charge >= 0.3 is 0 Å². The van der Waals surface area contributed by atoms with Gasteiger partial charge in [-0.3, -0.25) is 0 Å². The zero-order chi connectivity index (χ0) is 9.80. The highest BCUT2D eigenvalue weighted by Crippen LogP contribution is 2.10. The standard InChI is InChI=1S/C10H16N2O2/c11-10-7-14-6-9(10)4-12-3-8-1-2-13-5-8/h1-2,5,9-10,12H,3-4,6-7,11H2. The third-order valence-electron chi connectivity index (χ3n) is 2.56. The molecule has 0 saturated carbocycles. The predicted molar refractivity (Wildman–Crippen MR) is 52.7 cm³/mol. The van der Waals surface area contributed by atoms with Gasteiger partial charge in [0.05, 0.1) is 25.7 Å². The van der Waals surface area contributed by atoms with Crippen molar-refractivity contribution in [2.24, 2.45) is 11.7 Å². The fraction of sp³-hybridized carbons (Fsp3) is 0.600. The number of rotatable bonds is 4. The first-order valence-electron chi connectivity index (χ1n) is 4.91. The summed E-state index contributed by atoms with van der Waals surface area (Å²) in [6.07, 6.45) is 3.43. The summed E-state index contributed by atoms with van der Waals surface area (Å²) < 4.78 is 10.2. The third kappa shape index (κ3) is 2.35. The summed E-state index contributed by atoms with van der Waals surface area (Å²) in [5, 5.41) is 3.34. The topological polar surface area (TPSA) is 60.4 Å². The van der Waals surface area contributed by atoms with Gasteiger partial charge in [0.1, 0.15) is 0 Å². The molecule has 1 fully saturated rings. The highest BCUT2D eigenvalue weighted by Gasteiger charge is 2.23. The molecule has 0 spiro atoms. The highest BCUT2D eigenvalue weighted by molar-refractivity contribution is 5.04. The van der Waals surface area contributed by atoms with Gasteiger partial charge in [0.15, 0.2) is 0 Å². The lowest BCUT2D eigenvalue weighted by atomic mass is 10.1. The molecule has 0 aromatic carbocycles. The molecule has 0 aliphatic carbocycles. The monoisotopic (exact) mass is 196 g/mol. The average Bonchev–Trinajstić information content (AvgIpc) is 2.78. The van der Waals surface area contributed by atoms with E-state index in [-0.39, 0.29) is 6.04 Å². The van der Waals surface area contributed by atoms with E-state index in [9.17, 15) is 0 Å². The van der Waals surface area contributed by atoms with Crippen molar-refractivity contribution in [1.82, 2.24) is 5.32 Å². The number of hydrogen-bond acceptors (Lipinski definition) is 4. The zero-order valence-electron chi connectivity index (χ0n) is 8.11. The minimum Gasteiger partial charge on any atom is -0.472 e. The molecule has 78 valence electrons. The van der Waals surface area contributed by atoms with Gasteiger partial charge in [-0.25, -0.2) is 0 Å². The minimum atomic E-state index is 0.187. The normalized spacial score (nSPS) is 26.9.